The molecule has 1 aromatic carbocycles. The molecule has 9 heteroatoms. The van der Waals surface area contributed by atoms with Gasteiger partial charge in [0.1, 0.15) is 11.6 Å². The molecule has 1 saturated heterocycles. The van der Waals surface area contributed by atoms with Crippen LogP contribution in [0, 0.1) is 11.8 Å². The molecule has 1 aromatic heterocycles. The lowest BCUT2D eigenvalue weighted by Crippen LogP contribution is -2.44. The number of carbonyl (C=O) groups is 3. The maximum Gasteiger partial charge on any atom is 0.410 e. The van der Waals surface area contributed by atoms with Crippen LogP contribution in [0.3, 0.4) is 0 Å². The number of imidazole rings is 1. The predicted molar refractivity (Wildman–Crippen MR) is 124 cm³/mol. The van der Waals surface area contributed by atoms with Gasteiger partial charge in [-0.05, 0) is 51.8 Å². The highest BCUT2D eigenvalue weighted by Gasteiger charge is 2.31. The minimum atomic E-state index is -0.710. The van der Waals surface area contributed by atoms with E-state index in [-0.39, 0.29) is 24.1 Å². The number of hydrogen-bond acceptors (Lipinski definition) is 5. The van der Waals surface area contributed by atoms with Gasteiger partial charge in [-0.15, -0.1) is 0 Å². The lowest BCUT2D eigenvalue weighted by molar-refractivity contribution is -0.135. The second kappa shape index (κ2) is 9.53. The van der Waals surface area contributed by atoms with Gasteiger partial charge in [0, 0.05) is 39.0 Å². The van der Waals surface area contributed by atoms with Crippen LogP contribution in [0.1, 0.15) is 58.1 Å². The zero-order valence-electron chi connectivity index (χ0n) is 19.7. The molecule has 176 valence electrons. The van der Waals surface area contributed by atoms with E-state index in [0.29, 0.717) is 36.8 Å². The quantitative estimate of drug-likeness (QED) is 0.434. The zero-order valence-corrected chi connectivity index (χ0v) is 19.7. The summed E-state index contributed by atoms with van der Waals surface area (Å²) >= 11 is 0. The van der Waals surface area contributed by atoms with E-state index < -0.39 is 17.6 Å². The Bertz CT molecular complexity index is 1210. The van der Waals surface area contributed by atoms with Gasteiger partial charge in [0.15, 0.2) is 0 Å². The molecule has 3 amide bonds. The van der Waals surface area contributed by atoms with E-state index in [2.05, 4.69) is 17.2 Å². The molecule has 0 bridgehead atoms. The number of amides is 3. The predicted octanol–water partition coefficient (Wildman–Crippen LogP) is 2.32. The van der Waals surface area contributed by atoms with Crippen LogP contribution in [0.4, 0.5) is 4.79 Å². The summed E-state index contributed by atoms with van der Waals surface area (Å²) in [5.41, 5.74) is 1.21. The molecule has 0 spiro atoms. The van der Waals surface area contributed by atoms with Gasteiger partial charge in [0.2, 0.25) is 11.8 Å². The zero-order chi connectivity index (χ0) is 24.3. The van der Waals surface area contributed by atoms with Crippen molar-refractivity contribution in [2.24, 2.45) is 7.05 Å². The number of rotatable bonds is 4. The minimum Gasteiger partial charge on any atom is -0.444 e. The van der Waals surface area contributed by atoms with Crippen molar-refractivity contribution >= 4 is 28.9 Å². The summed E-state index contributed by atoms with van der Waals surface area (Å²) in [6.45, 7) is 6.02. The van der Waals surface area contributed by atoms with Crippen LogP contribution in [0.5, 0.6) is 0 Å². The molecule has 1 atom stereocenters. The third kappa shape index (κ3) is 5.64. The summed E-state index contributed by atoms with van der Waals surface area (Å²) in [5, 5.41) is 2.30. The van der Waals surface area contributed by atoms with Gasteiger partial charge < -0.3 is 9.64 Å². The average Bonchev–Trinajstić information content (AvgIpc) is 2.97. The number of imide groups is 1. The first-order valence-corrected chi connectivity index (χ1v) is 11.0. The number of ether oxygens (including phenoxy) is 1. The number of carbonyl (C=O) groups excluding carboxylic acids is 3. The van der Waals surface area contributed by atoms with Crippen molar-refractivity contribution in [1.29, 1.82) is 0 Å². The highest BCUT2D eigenvalue weighted by Crippen LogP contribution is 2.23. The molecule has 1 N–H and O–H groups in total. The molecule has 0 aliphatic carbocycles. The van der Waals surface area contributed by atoms with E-state index in [1.807, 2.05) is 32.9 Å². The van der Waals surface area contributed by atoms with Crippen LogP contribution in [-0.4, -0.2) is 51.1 Å². The molecule has 1 unspecified atom stereocenters. The monoisotopic (exact) mass is 454 g/mol. The van der Waals surface area contributed by atoms with Crippen molar-refractivity contribution in [1.82, 2.24) is 19.4 Å². The molecule has 2 aromatic rings. The van der Waals surface area contributed by atoms with Gasteiger partial charge >= 0.3 is 11.8 Å². The first kappa shape index (κ1) is 24.1. The van der Waals surface area contributed by atoms with Gasteiger partial charge in [-0.3, -0.25) is 24.0 Å². The van der Waals surface area contributed by atoms with Crippen LogP contribution in [-0.2, 0) is 21.4 Å². The van der Waals surface area contributed by atoms with Gasteiger partial charge in [-0.1, -0.05) is 11.8 Å². The Kier molecular flexibility index (Phi) is 6.96. The molecule has 1 fully saturated rings. The van der Waals surface area contributed by atoms with Crippen LogP contribution in [0.2, 0.25) is 0 Å². The Morgan fingerprint density at radius 2 is 1.97 bits per heavy atom. The maximum atomic E-state index is 12.8. The summed E-state index contributed by atoms with van der Waals surface area (Å²) in [6.07, 6.45) is 1.44. The van der Waals surface area contributed by atoms with Crippen LogP contribution in [0.25, 0.3) is 11.0 Å². The van der Waals surface area contributed by atoms with E-state index in [4.69, 9.17) is 4.74 Å². The first-order chi connectivity index (χ1) is 15.5. The lowest BCUT2D eigenvalue weighted by Gasteiger charge is -2.24. The van der Waals surface area contributed by atoms with Gasteiger partial charge in [0.05, 0.1) is 11.0 Å². The van der Waals surface area contributed by atoms with Crippen molar-refractivity contribution in [2.45, 2.75) is 58.1 Å². The summed E-state index contributed by atoms with van der Waals surface area (Å²) in [6, 6.07) is 4.70. The Balaban J connectivity index is 1.68. The SMILES string of the molecule is CN(CCCC#Cc1ccc2c(c1)n(C)c(=O)n2C1CCC(=O)NC1=O)C(=O)OC(C)(C)C. The van der Waals surface area contributed by atoms with Crippen molar-refractivity contribution in [3.05, 3.63) is 34.2 Å². The number of aromatic nitrogens is 2. The Morgan fingerprint density at radius 1 is 1.24 bits per heavy atom. The molecule has 0 radical (unpaired) electrons. The van der Waals surface area contributed by atoms with Crippen LogP contribution in [0.15, 0.2) is 23.0 Å². The number of piperidine rings is 1. The standard InChI is InChI=1S/C24H30N4O5/c1-24(2,3)33-23(32)26(4)14-8-6-7-9-16-10-11-17-19(15-16)27(5)22(31)28(17)18-12-13-20(29)25-21(18)30/h10-11,15,18H,6,8,12-14H2,1-5H3,(H,25,29,30). The number of fused-ring (bicyclic) bond motifs is 1. The largest absolute Gasteiger partial charge is 0.444 e. The summed E-state index contributed by atoms with van der Waals surface area (Å²) in [7, 11) is 3.35. The molecule has 2 heterocycles. The molecule has 1 aliphatic rings. The fourth-order valence-electron chi connectivity index (χ4n) is 3.67. The topological polar surface area (TPSA) is 103 Å². The van der Waals surface area contributed by atoms with E-state index >= 15 is 0 Å². The Labute approximate surface area is 192 Å². The van der Waals surface area contributed by atoms with E-state index in [0.717, 1.165) is 5.56 Å². The molecule has 9 nitrogen and oxygen atoms in total. The Hall–Kier alpha value is -3.54. The van der Waals surface area contributed by atoms with Gasteiger partial charge in [-0.25, -0.2) is 9.59 Å². The normalized spacial score (nSPS) is 16.2. The van der Waals surface area contributed by atoms with Crippen molar-refractivity contribution in [3.8, 4) is 11.8 Å². The molecule has 1 aliphatic heterocycles. The maximum absolute atomic E-state index is 12.8. The first-order valence-electron chi connectivity index (χ1n) is 11.0. The smallest absolute Gasteiger partial charge is 0.410 e. The third-order valence-corrected chi connectivity index (χ3v) is 5.34. The second-order valence-corrected chi connectivity index (χ2v) is 9.19. The lowest BCUT2D eigenvalue weighted by atomic mass is 10.1. The van der Waals surface area contributed by atoms with Crippen molar-refractivity contribution < 1.29 is 19.1 Å². The number of nitrogens with zero attached hydrogens (tertiary/aromatic N) is 3. The van der Waals surface area contributed by atoms with Gasteiger partial charge in [0.25, 0.3) is 0 Å². The van der Waals surface area contributed by atoms with Crippen molar-refractivity contribution in [2.75, 3.05) is 13.6 Å². The molecule has 3 rings (SSSR count). The fourth-order valence-corrected chi connectivity index (χ4v) is 3.67. The fraction of sp³-hybridized carbons (Fsp3) is 0.500. The minimum absolute atomic E-state index is 0.200. The van der Waals surface area contributed by atoms with E-state index in [9.17, 15) is 19.2 Å². The highest BCUT2D eigenvalue weighted by atomic mass is 16.6. The molecule has 33 heavy (non-hydrogen) atoms. The molecular weight excluding hydrogens is 424 g/mol. The summed E-state index contributed by atoms with van der Waals surface area (Å²) in [5.74, 6) is 5.42. The van der Waals surface area contributed by atoms with Crippen molar-refractivity contribution in [3.63, 3.8) is 0 Å². The van der Waals surface area contributed by atoms with Crippen LogP contribution < -0.4 is 11.0 Å². The summed E-state index contributed by atoms with van der Waals surface area (Å²) < 4.78 is 8.26. The number of benzene rings is 1. The molecular formula is C24H30N4O5. The van der Waals surface area contributed by atoms with E-state index in [1.165, 1.54) is 14.0 Å². The Morgan fingerprint density at radius 3 is 2.64 bits per heavy atom. The molecule has 0 saturated carbocycles. The summed E-state index contributed by atoms with van der Waals surface area (Å²) in [4.78, 5) is 50.1. The second-order valence-electron chi connectivity index (χ2n) is 9.19. The third-order valence-electron chi connectivity index (χ3n) is 5.34. The highest BCUT2D eigenvalue weighted by molar-refractivity contribution is 6.00. The number of unbranched alkanes of at least 4 members (excludes halogenated alkanes) is 1. The number of hydrogen-bond donors (Lipinski definition) is 1. The van der Waals surface area contributed by atoms with E-state index in [1.54, 1.807) is 20.2 Å². The number of nitrogens with one attached hydrogen (secondary N) is 1. The average molecular weight is 455 g/mol. The van der Waals surface area contributed by atoms with Gasteiger partial charge in [-0.2, -0.15) is 0 Å². The number of aryl methyl sites for hydroxylation is 1. The van der Waals surface area contributed by atoms with Crippen LogP contribution >= 0.6 is 0 Å².